The number of halogens is 2. The maximum atomic E-state index is 13.5. The van der Waals surface area contributed by atoms with E-state index in [1.807, 2.05) is 36.4 Å². The van der Waals surface area contributed by atoms with Gasteiger partial charge in [0.2, 0.25) is 5.75 Å². The number of hydrogen-bond acceptors (Lipinski definition) is 7. The van der Waals surface area contributed by atoms with Crippen molar-refractivity contribution in [3.8, 4) is 17.2 Å². The Balaban J connectivity index is 1.19. The third-order valence-electron chi connectivity index (χ3n) is 7.80. The second kappa shape index (κ2) is 16.1. The van der Waals surface area contributed by atoms with Crippen LogP contribution in [-0.4, -0.2) is 87.4 Å². The van der Waals surface area contributed by atoms with E-state index in [1.165, 1.54) is 24.3 Å². The third-order valence-corrected chi connectivity index (χ3v) is 8.93. The molecule has 1 heterocycles. The predicted molar refractivity (Wildman–Crippen MR) is 165 cm³/mol. The molecule has 228 valence electrons. The standard InChI is InChI=1S/C33H42F2N2O4S/c1-39-31-15-10-26(32(40-2)33(31)41-3)22-42-23-29(38)21-37-19-17-36(18-20-37)16-4-5-30(24-6-11-27(34)12-7-24)25-8-13-28(35)14-9-25/h6-15,29-30,38H,4-5,16-23H2,1-3H3. The maximum absolute atomic E-state index is 13.5. The zero-order valence-electron chi connectivity index (χ0n) is 24.7. The molecule has 1 unspecified atom stereocenters. The Bertz CT molecular complexity index is 1190. The molecule has 0 bridgehead atoms. The Morgan fingerprint density at radius 2 is 1.33 bits per heavy atom. The Morgan fingerprint density at radius 3 is 1.88 bits per heavy atom. The number of piperazine rings is 1. The molecule has 1 aliphatic heterocycles. The molecule has 1 fully saturated rings. The molecule has 1 N–H and O–H groups in total. The first-order valence-corrected chi connectivity index (χ1v) is 15.6. The molecule has 42 heavy (non-hydrogen) atoms. The van der Waals surface area contributed by atoms with Crippen molar-refractivity contribution in [2.45, 2.75) is 30.6 Å². The molecule has 9 heteroatoms. The molecule has 1 atom stereocenters. The first-order chi connectivity index (χ1) is 20.4. The summed E-state index contributed by atoms with van der Waals surface area (Å²) in [4.78, 5) is 4.80. The molecule has 3 aromatic carbocycles. The third kappa shape index (κ3) is 8.83. The summed E-state index contributed by atoms with van der Waals surface area (Å²) in [5.74, 6) is 2.79. The van der Waals surface area contributed by atoms with E-state index in [2.05, 4.69) is 9.80 Å². The number of nitrogens with zero attached hydrogens (tertiary/aromatic N) is 2. The summed E-state index contributed by atoms with van der Waals surface area (Å²) in [6.07, 6.45) is 1.47. The fraction of sp³-hybridized carbons (Fsp3) is 0.455. The first kappa shape index (κ1) is 32.1. The number of aliphatic hydroxyl groups excluding tert-OH is 1. The van der Waals surface area contributed by atoms with Crippen LogP contribution < -0.4 is 14.2 Å². The SMILES string of the molecule is COc1ccc(CSCC(O)CN2CCN(CCCC(c3ccc(F)cc3)c3ccc(F)cc3)CC2)c(OC)c1OC. The van der Waals surface area contributed by atoms with E-state index in [1.54, 1.807) is 33.1 Å². The van der Waals surface area contributed by atoms with Gasteiger partial charge in [-0.05, 0) is 60.8 Å². The van der Waals surface area contributed by atoms with E-state index in [0.717, 1.165) is 62.3 Å². The van der Waals surface area contributed by atoms with Gasteiger partial charge in [-0.25, -0.2) is 8.78 Å². The molecule has 1 saturated heterocycles. The summed E-state index contributed by atoms with van der Waals surface area (Å²) in [6, 6.07) is 17.1. The summed E-state index contributed by atoms with van der Waals surface area (Å²) in [5.41, 5.74) is 3.09. The van der Waals surface area contributed by atoms with E-state index in [0.29, 0.717) is 35.3 Å². The number of methoxy groups -OCH3 is 3. The van der Waals surface area contributed by atoms with Crippen LogP contribution in [0.2, 0.25) is 0 Å². The van der Waals surface area contributed by atoms with Gasteiger partial charge in [0.25, 0.3) is 0 Å². The van der Waals surface area contributed by atoms with Crippen LogP contribution in [0, 0.1) is 11.6 Å². The van der Waals surface area contributed by atoms with Crippen LogP contribution in [0.25, 0.3) is 0 Å². The average Bonchev–Trinajstić information content (AvgIpc) is 3.01. The summed E-state index contributed by atoms with van der Waals surface area (Å²) >= 11 is 1.67. The topological polar surface area (TPSA) is 54.4 Å². The number of thioether (sulfide) groups is 1. The van der Waals surface area contributed by atoms with Crippen molar-refractivity contribution in [2.75, 3.05) is 66.4 Å². The summed E-state index contributed by atoms with van der Waals surface area (Å²) in [6.45, 7) is 5.38. The number of β-amino-alcohol motifs (C(OH)–C–C–N with tert-alkyl or cyclic N) is 1. The molecular formula is C33H42F2N2O4S. The highest BCUT2D eigenvalue weighted by Gasteiger charge is 2.21. The molecule has 0 amide bonds. The van der Waals surface area contributed by atoms with Gasteiger partial charge in [-0.2, -0.15) is 11.8 Å². The highest BCUT2D eigenvalue weighted by molar-refractivity contribution is 7.98. The summed E-state index contributed by atoms with van der Waals surface area (Å²) < 4.78 is 43.5. The van der Waals surface area contributed by atoms with Crippen LogP contribution in [0.5, 0.6) is 17.2 Å². The quantitative estimate of drug-likeness (QED) is 0.236. The van der Waals surface area contributed by atoms with Crippen molar-refractivity contribution >= 4 is 11.8 Å². The number of rotatable bonds is 15. The fourth-order valence-electron chi connectivity index (χ4n) is 5.56. The van der Waals surface area contributed by atoms with Crippen LogP contribution in [0.15, 0.2) is 60.7 Å². The molecule has 0 saturated carbocycles. The van der Waals surface area contributed by atoms with Gasteiger partial charge in [0.15, 0.2) is 11.5 Å². The van der Waals surface area contributed by atoms with Crippen LogP contribution in [0.1, 0.15) is 35.4 Å². The number of hydrogen-bond donors (Lipinski definition) is 1. The molecule has 4 rings (SSSR count). The van der Waals surface area contributed by atoms with E-state index < -0.39 is 6.10 Å². The minimum atomic E-state index is -0.417. The van der Waals surface area contributed by atoms with Crippen molar-refractivity contribution in [3.05, 3.63) is 89.0 Å². The van der Waals surface area contributed by atoms with Crippen molar-refractivity contribution in [1.82, 2.24) is 9.80 Å². The van der Waals surface area contributed by atoms with Crippen LogP contribution >= 0.6 is 11.8 Å². The van der Waals surface area contributed by atoms with E-state index in [-0.39, 0.29) is 17.6 Å². The summed E-state index contributed by atoms with van der Waals surface area (Å²) in [7, 11) is 4.82. The Kier molecular flexibility index (Phi) is 12.3. The van der Waals surface area contributed by atoms with Gasteiger partial charge < -0.3 is 24.2 Å². The van der Waals surface area contributed by atoms with Gasteiger partial charge in [-0.3, -0.25) is 4.90 Å². The van der Waals surface area contributed by atoms with Crippen LogP contribution in [-0.2, 0) is 5.75 Å². The van der Waals surface area contributed by atoms with Crippen LogP contribution in [0.3, 0.4) is 0 Å². The Morgan fingerprint density at radius 1 is 0.762 bits per heavy atom. The minimum Gasteiger partial charge on any atom is -0.493 e. The van der Waals surface area contributed by atoms with E-state index >= 15 is 0 Å². The molecule has 0 radical (unpaired) electrons. The second-order valence-corrected chi connectivity index (χ2v) is 11.6. The molecule has 6 nitrogen and oxygen atoms in total. The van der Waals surface area contributed by atoms with Crippen molar-refractivity contribution < 1.29 is 28.1 Å². The normalized spacial score (nSPS) is 15.1. The van der Waals surface area contributed by atoms with Gasteiger partial charge >= 0.3 is 0 Å². The largest absolute Gasteiger partial charge is 0.493 e. The average molecular weight is 601 g/mol. The smallest absolute Gasteiger partial charge is 0.203 e. The molecule has 3 aromatic rings. The predicted octanol–water partition coefficient (Wildman–Crippen LogP) is 5.81. The highest BCUT2D eigenvalue weighted by Crippen LogP contribution is 2.41. The zero-order chi connectivity index (χ0) is 29.9. The maximum Gasteiger partial charge on any atom is 0.203 e. The molecular weight excluding hydrogens is 558 g/mol. The van der Waals surface area contributed by atoms with Gasteiger partial charge in [-0.1, -0.05) is 30.3 Å². The minimum absolute atomic E-state index is 0.0964. The van der Waals surface area contributed by atoms with Crippen molar-refractivity contribution in [3.63, 3.8) is 0 Å². The van der Waals surface area contributed by atoms with Gasteiger partial charge in [0, 0.05) is 55.7 Å². The summed E-state index contributed by atoms with van der Waals surface area (Å²) in [5, 5.41) is 10.7. The number of aliphatic hydroxyl groups is 1. The van der Waals surface area contributed by atoms with Crippen molar-refractivity contribution in [1.29, 1.82) is 0 Å². The monoisotopic (exact) mass is 600 g/mol. The lowest BCUT2D eigenvalue weighted by Gasteiger charge is -2.35. The number of ether oxygens (including phenoxy) is 3. The lowest BCUT2D eigenvalue weighted by Crippen LogP contribution is -2.49. The molecule has 0 aromatic heterocycles. The first-order valence-electron chi connectivity index (χ1n) is 14.4. The van der Waals surface area contributed by atoms with E-state index in [4.69, 9.17) is 14.2 Å². The Labute approximate surface area is 252 Å². The zero-order valence-corrected chi connectivity index (χ0v) is 25.5. The van der Waals surface area contributed by atoms with Gasteiger partial charge in [-0.15, -0.1) is 0 Å². The fourth-order valence-corrected chi connectivity index (χ4v) is 6.51. The molecule has 1 aliphatic rings. The van der Waals surface area contributed by atoms with Gasteiger partial charge in [0.1, 0.15) is 11.6 Å². The molecule has 0 aliphatic carbocycles. The Hall–Kier alpha value is -2.85. The lowest BCUT2D eigenvalue weighted by atomic mass is 9.87. The number of benzene rings is 3. The van der Waals surface area contributed by atoms with Gasteiger partial charge in [0.05, 0.1) is 27.4 Å². The van der Waals surface area contributed by atoms with Crippen molar-refractivity contribution in [2.24, 2.45) is 0 Å². The molecule has 0 spiro atoms. The second-order valence-electron chi connectivity index (χ2n) is 10.6. The lowest BCUT2D eigenvalue weighted by molar-refractivity contribution is 0.0819. The highest BCUT2D eigenvalue weighted by atomic mass is 32.2. The van der Waals surface area contributed by atoms with E-state index in [9.17, 15) is 13.9 Å². The van der Waals surface area contributed by atoms with Crippen LogP contribution in [0.4, 0.5) is 8.78 Å².